The largest absolute Gasteiger partial charge is 0.497 e. The molecule has 0 radical (unpaired) electrons. The van der Waals surface area contributed by atoms with Crippen molar-refractivity contribution in [2.24, 2.45) is 13.0 Å². The number of hydrogen-bond acceptors (Lipinski definition) is 5. The van der Waals surface area contributed by atoms with Crippen LogP contribution in [0.1, 0.15) is 32.3 Å². The number of aliphatic hydroxyl groups excluding tert-OH is 1. The Morgan fingerprint density at radius 1 is 1.09 bits per heavy atom. The molecule has 0 fully saturated rings. The van der Waals surface area contributed by atoms with Crippen LogP contribution in [0.2, 0.25) is 0 Å². The van der Waals surface area contributed by atoms with Gasteiger partial charge in [-0.25, -0.2) is 4.68 Å². The predicted molar refractivity (Wildman–Crippen MR) is 137 cm³/mol. The molecule has 0 aliphatic rings. The minimum Gasteiger partial charge on any atom is -0.497 e. The Morgan fingerprint density at radius 2 is 1.82 bits per heavy atom. The average molecular weight is 464 g/mol. The molecule has 1 heterocycles. The monoisotopic (exact) mass is 463 g/mol. The number of rotatable bonds is 13. The molecule has 3 aromatic rings. The Labute approximate surface area is 203 Å². The number of nitrogens with zero attached hydrogens (tertiary/aromatic N) is 3. The van der Waals surface area contributed by atoms with E-state index in [0.29, 0.717) is 37.1 Å². The first-order valence-corrected chi connectivity index (χ1v) is 11.9. The number of aliphatic hydroxyl groups is 1. The fourth-order valence-electron chi connectivity index (χ4n) is 4.07. The maximum Gasteiger partial charge on any atom is 0.222 e. The van der Waals surface area contributed by atoms with Crippen molar-refractivity contribution in [3.63, 3.8) is 0 Å². The third kappa shape index (κ3) is 6.95. The Kier molecular flexibility index (Phi) is 9.31. The summed E-state index contributed by atoms with van der Waals surface area (Å²) in [5, 5.41) is 15.5. The van der Waals surface area contributed by atoms with Gasteiger partial charge in [0.25, 0.3) is 0 Å². The molecule has 0 spiro atoms. The van der Waals surface area contributed by atoms with Gasteiger partial charge in [-0.2, -0.15) is 5.10 Å². The Bertz CT molecular complexity index is 1050. The molecule has 0 amide bonds. The van der Waals surface area contributed by atoms with Crippen molar-refractivity contribution in [1.82, 2.24) is 14.7 Å². The van der Waals surface area contributed by atoms with Crippen LogP contribution in [-0.4, -0.2) is 46.1 Å². The van der Waals surface area contributed by atoms with E-state index in [1.54, 1.807) is 11.8 Å². The second-order valence-electron chi connectivity index (χ2n) is 9.01. The van der Waals surface area contributed by atoms with E-state index in [1.807, 2.05) is 55.6 Å². The standard InChI is InChI=1S/C28H37N3O3/c1-6-7-14-23(32)19-31(18-21(2)3)20-26-27(22-12-9-8-10-13-22)29-30(4)28(26)34-25-16-11-15-24(17-25)33-5/h6,8-13,15-17,21,23,32H,1,7,14,18-20H2,2-5H3/t23-/m0/s1. The van der Waals surface area contributed by atoms with Crippen molar-refractivity contribution < 1.29 is 14.6 Å². The van der Waals surface area contributed by atoms with Crippen LogP contribution in [0.3, 0.4) is 0 Å². The molecule has 0 aliphatic heterocycles. The molecule has 3 rings (SSSR count). The van der Waals surface area contributed by atoms with Crippen molar-refractivity contribution in [2.75, 3.05) is 20.2 Å². The molecule has 1 aromatic heterocycles. The highest BCUT2D eigenvalue weighted by molar-refractivity contribution is 5.65. The third-order valence-electron chi connectivity index (χ3n) is 5.57. The van der Waals surface area contributed by atoms with Crippen LogP contribution in [-0.2, 0) is 13.6 Å². The maximum atomic E-state index is 10.6. The normalized spacial score (nSPS) is 12.2. The van der Waals surface area contributed by atoms with E-state index >= 15 is 0 Å². The lowest BCUT2D eigenvalue weighted by molar-refractivity contribution is 0.0953. The number of aryl methyl sites for hydroxylation is 1. The van der Waals surface area contributed by atoms with E-state index in [4.69, 9.17) is 14.6 Å². The van der Waals surface area contributed by atoms with Gasteiger partial charge in [-0.15, -0.1) is 6.58 Å². The minimum absolute atomic E-state index is 0.420. The average Bonchev–Trinajstić information content (AvgIpc) is 3.12. The Morgan fingerprint density at radius 3 is 2.50 bits per heavy atom. The zero-order valence-electron chi connectivity index (χ0n) is 20.8. The number of hydrogen-bond donors (Lipinski definition) is 1. The van der Waals surface area contributed by atoms with E-state index in [1.165, 1.54) is 0 Å². The summed E-state index contributed by atoms with van der Waals surface area (Å²) in [4.78, 5) is 2.29. The lowest BCUT2D eigenvalue weighted by Crippen LogP contribution is -2.35. The molecule has 1 N–H and O–H groups in total. The predicted octanol–water partition coefficient (Wildman–Crippen LogP) is 5.67. The molecule has 2 aromatic carbocycles. The zero-order chi connectivity index (χ0) is 24.5. The Hall–Kier alpha value is -3.09. The van der Waals surface area contributed by atoms with Crippen molar-refractivity contribution >= 4 is 0 Å². The summed E-state index contributed by atoms with van der Waals surface area (Å²) in [6.07, 6.45) is 2.92. The van der Waals surface area contributed by atoms with Crippen LogP contribution in [0.5, 0.6) is 17.4 Å². The molecule has 34 heavy (non-hydrogen) atoms. The van der Waals surface area contributed by atoms with Crippen molar-refractivity contribution in [3.8, 4) is 28.6 Å². The minimum atomic E-state index is -0.420. The molecule has 0 saturated carbocycles. The molecule has 0 bridgehead atoms. The summed E-state index contributed by atoms with van der Waals surface area (Å²) < 4.78 is 13.5. The first-order chi connectivity index (χ1) is 16.4. The summed E-state index contributed by atoms with van der Waals surface area (Å²) >= 11 is 0. The van der Waals surface area contributed by atoms with Gasteiger partial charge in [0.15, 0.2) is 0 Å². The molecule has 0 unspecified atom stereocenters. The van der Waals surface area contributed by atoms with E-state index in [9.17, 15) is 5.11 Å². The Balaban J connectivity index is 1.99. The van der Waals surface area contributed by atoms with Crippen molar-refractivity contribution in [1.29, 1.82) is 0 Å². The van der Waals surface area contributed by atoms with Gasteiger partial charge >= 0.3 is 0 Å². The molecule has 0 aliphatic carbocycles. The highest BCUT2D eigenvalue weighted by atomic mass is 16.5. The second kappa shape index (κ2) is 12.4. The van der Waals surface area contributed by atoms with Gasteiger partial charge < -0.3 is 14.6 Å². The highest BCUT2D eigenvalue weighted by Crippen LogP contribution is 2.35. The maximum absolute atomic E-state index is 10.6. The fourth-order valence-corrected chi connectivity index (χ4v) is 4.07. The number of ether oxygens (including phenoxy) is 2. The van der Waals surface area contributed by atoms with Crippen molar-refractivity contribution in [3.05, 3.63) is 72.8 Å². The molecular formula is C28H37N3O3. The summed E-state index contributed by atoms with van der Waals surface area (Å²) in [6.45, 7) is 10.2. The molecule has 182 valence electrons. The van der Waals surface area contributed by atoms with Gasteiger partial charge in [0, 0.05) is 38.3 Å². The van der Waals surface area contributed by atoms with Crippen molar-refractivity contribution in [2.45, 2.75) is 39.3 Å². The van der Waals surface area contributed by atoms with Crippen LogP contribution in [0.15, 0.2) is 67.3 Å². The third-order valence-corrected chi connectivity index (χ3v) is 5.57. The van der Waals surface area contributed by atoms with Crippen LogP contribution in [0.4, 0.5) is 0 Å². The molecular weight excluding hydrogens is 426 g/mol. The topological polar surface area (TPSA) is 59.8 Å². The number of aromatic nitrogens is 2. The van der Waals surface area contributed by atoms with E-state index in [0.717, 1.165) is 35.5 Å². The fraction of sp³-hybridized carbons (Fsp3) is 0.393. The first-order valence-electron chi connectivity index (χ1n) is 11.9. The first kappa shape index (κ1) is 25.5. The molecule has 6 heteroatoms. The van der Waals surface area contributed by atoms with Gasteiger partial charge in [-0.1, -0.05) is 56.3 Å². The molecule has 6 nitrogen and oxygen atoms in total. The van der Waals surface area contributed by atoms with E-state index in [-0.39, 0.29) is 0 Å². The highest BCUT2D eigenvalue weighted by Gasteiger charge is 2.24. The number of benzene rings is 2. The van der Waals surface area contributed by atoms with Crippen LogP contribution < -0.4 is 9.47 Å². The quantitative estimate of drug-likeness (QED) is 0.331. The van der Waals surface area contributed by atoms with E-state index < -0.39 is 6.10 Å². The van der Waals surface area contributed by atoms with Gasteiger partial charge in [-0.3, -0.25) is 4.90 Å². The smallest absolute Gasteiger partial charge is 0.222 e. The second-order valence-corrected chi connectivity index (χ2v) is 9.01. The van der Waals surface area contributed by atoms with Crippen LogP contribution >= 0.6 is 0 Å². The van der Waals surface area contributed by atoms with Gasteiger partial charge in [0.05, 0.1) is 18.8 Å². The summed E-state index contributed by atoms with van der Waals surface area (Å²) in [7, 11) is 3.54. The van der Waals surface area contributed by atoms with Crippen LogP contribution in [0, 0.1) is 5.92 Å². The summed E-state index contributed by atoms with van der Waals surface area (Å²) in [5.74, 6) is 2.55. The van der Waals surface area contributed by atoms with Gasteiger partial charge in [-0.05, 0) is 30.9 Å². The van der Waals surface area contributed by atoms with Gasteiger partial charge in [0.1, 0.15) is 17.2 Å². The van der Waals surface area contributed by atoms with Crippen LogP contribution in [0.25, 0.3) is 11.3 Å². The lowest BCUT2D eigenvalue weighted by Gasteiger charge is -2.27. The molecule has 0 saturated heterocycles. The zero-order valence-corrected chi connectivity index (χ0v) is 20.8. The number of methoxy groups -OCH3 is 1. The summed E-state index contributed by atoms with van der Waals surface area (Å²) in [6, 6.07) is 17.7. The summed E-state index contributed by atoms with van der Waals surface area (Å²) in [5.41, 5.74) is 2.91. The lowest BCUT2D eigenvalue weighted by atomic mass is 10.1. The SMILES string of the molecule is C=CCC[C@H](O)CN(Cc1c(-c2ccccc2)nn(C)c1Oc1cccc(OC)c1)CC(C)C. The van der Waals surface area contributed by atoms with E-state index in [2.05, 4.69) is 37.5 Å². The molecule has 1 atom stereocenters. The van der Waals surface area contributed by atoms with Gasteiger partial charge in [0.2, 0.25) is 5.88 Å². The number of allylic oxidation sites excluding steroid dienone is 1.